The summed E-state index contributed by atoms with van der Waals surface area (Å²) < 4.78 is 3.46. The van der Waals surface area contributed by atoms with E-state index in [1.807, 2.05) is 54.6 Å². The lowest BCUT2D eigenvalue weighted by molar-refractivity contribution is -0.158. The number of para-hydroxylation sites is 1. The quantitative estimate of drug-likeness (QED) is 0.0699. The summed E-state index contributed by atoms with van der Waals surface area (Å²) in [6.45, 7) is 28.3. The number of carbonyl (C=O) groups excluding carboxylic acids is 4. The Kier molecular flexibility index (Phi) is 30.4. The van der Waals surface area contributed by atoms with Crippen LogP contribution in [0.1, 0.15) is 370 Å². The molecular weight excluding hydrogens is 1810 g/mol. The zero-order valence-electron chi connectivity index (χ0n) is 81.3. The van der Waals surface area contributed by atoms with E-state index in [0.29, 0.717) is 112 Å². The summed E-state index contributed by atoms with van der Waals surface area (Å²) in [5.74, 6) is 13.4. The van der Waals surface area contributed by atoms with Gasteiger partial charge in [0, 0.05) is 23.7 Å². The van der Waals surface area contributed by atoms with Crippen LogP contribution in [0.15, 0.2) is 54.6 Å². The van der Waals surface area contributed by atoms with Crippen LogP contribution >= 0.6 is 50.7 Å². The molecule has 135 heavy (non-hydrogen) atoms. The summed E-state index contributed by atoms with van der Waals surface area (Å²) in [5, 5.41) is 71.6. The molecule has 3 aromatic heterocycles. The molecule has 17 nitrogen and oxygen atoms in total. The van der Waals surface area contributed by atoms with Crippen LogP contribution in [-0.2, 0) is 38.8 Å². The average Bonchev–Trinajstić information content (AvgIpc) is 0.962. The first kappa shape index (κ1) is 105. The van der Waals surface area contributed by atoms with Gasteiger partial charge in [-0.25, -0.2) is 9.36 Å². The predicted octanol–water partition coefficient (Wildman–Crippen LogP) is 27.7. The summed E-state index contributed by atoms with van der Waals surface area (Å²) >= 11 is 22.4. The molecule has 16 aliphatic rings. The molecule has 0 radical (unpaired) electrons. The number of hydrogen-bond acceptors (Lipinski definition) is 14. The standard InChI is InChI=1S/3C29H40ClN3O2.C23H37BrO2.4CH4/c1-4-29-15-14-27(2,35)16-18(29)8-9-19-20-10-11-22(28(20,3)13-12-21(19)29)25(34)17-33-24-7-5-6-23(30)26(24)31-32-33;1-4-29-15-14-27(2,35)16-18(29)8-9-19-20-10-11-22(28(20,3)13-12-21(19)29)25(34)17-33-26-23(30)6-5-7-24(26)31-32-33;1-4-29-15-14-27(2,35)16-18(29)8-9-19-20-10-11-22(28(20,3)13-12-21(19)29)25(34)17-33-31-24-7-5-6-23(30)26(24)32-33;1-4-23-12-11-21(2,26)13-15(23)5-6-16-17-7-8-19(20(25)14-24)22(17,3)10-9-18(16)23;;;;/h3*5-7,18-22,35H,4,8-17H2,1-3H3;15-19,26H,4-14H2,1-3H3;4*1H4/t3*18-,19-,20-,21-,22+,27+,28-,29-;15-,16-,17-,18-,19+,21+,22-,23-;;;;/m0000..../s1. The van der Waals surface area contributed by atoms with Crippen molar-refractivity contribution in [1.82, 2.24) is 45.0 Å². The maximum Gasteiger partial charge on any atom is 0.159 e. The first-order valence-electron chi connectivity index (χ1n) is 52.8. The lowest BCUT2D eigenvalue weighted by Crippen LogP contribution is -2.56. The van der Waals surface area contributed by atoms with Gasteiger partial charge < -0.3 is 20.4 Å². The Morgan fingerprint density at radius 3 is 1.02 bits per heavy atom. The molecule has 0 spiro atoms. The van der Waals surface area contributed by atoms with E-state index in [4.69, 9.17) is 34.8 Å². The first-order valence-corrected chi connectivity index (χ1v) is 55.1. The minimum absolute atomic E-state index is 0. The fraction of sp³-hybridized carbons (Fsp3) is 0.807. The Balaban J connectivity index is 0.000000137. The number of aliphatic hydroxyl groups is 4. The number of fused-ring (bicyclic) bond motifs is 23. The maximum absolute atomic E-state index is 13.7. The van der Waals surface area contributed by atoms with E-state index in [-0.39, 0.29) is 100 Å². The molecule has 21 heteroatoms. The van der Waals surface area contributed by atoms with Crippen molar-refractivity contribution in [1.29, 1.82) is 0 Å². The number of halogens is 4. The summed E-state index contributed by atoms with van der Waals surface area (Å²) in [6, 6.07) is 16.9. The third-order valence-electron chi connectivity index (χ3n) is 44.2. The highest BCUT2D eigenvalue weighted by Crippen LogP contribution is 2.75. The fourth-order valence-electron chi connectivity index (χ4n) is 37.9. The third-order valence-corrected chi connectivity index (χ3v) is 45.7. The Morgan fingerprint density at radius 1 is 0.348 bits per heavy atom. The Bertz CT molecular complexity index is 5240. The van der Waals surface area contributed by atoms with Crippen LogP contribution in [0.2, 0.25) is 15.1 Å². The van der Waals surface area contributed by atoms with E-state index in [1.165, 1.54) is 161 Å². The van der Waals surface area contributed by atoms with Gasteiger partial charge >= 0.3 is 0 Å². The summed E-state index contributed by atoms with van der Waals surface area (Å²) in [7, 11) is 0. The topological polar surface area (TPSA) is 241 Å². The summed E-state index contributed by atoms with van der Waals surface area (Å²) in [5.41, 5.74) is 4.69. The number of aromatic nitrogens is 9. The SMILES string of the molecule is C.C.C.C.CC[C@]12CC[C@@](C)(O)C[C@@H]1CC[C@H]1[C@@H]3CC[C@H](C(=O)CBr)[C@@]3(C)CC[C@@H]12.CC[C@]12CC[C@@](C)(O)C[C@@H]1CC[C@H]1[C@@H]3CC[C@H](C(=O)Cn4nc5cccc(Cl)c5n4)[C@@]3(C)CC[C@@H]12.CC[C@]12CC[C@@](C)(O)C[C@@H]1CC[C@H]1[C@@H]3CC[C@H](C(=O)Cn4nnc5c(Cl)cccc54)[C@@]3(C)CC[C@@H]12.CC[C@]12CC[C@@](C)(O)C[C@@H]1CC[C@H]1[C@@H]3CC[C@H](C(=O)Cn4nnc5cccc(Cl)c54)[C@@]3(C)CC[C@@H]12. The number of nitrogens with zero attached hydrogens (tertiary/aromatic N) is 9. The van der Waals surface area contributed by atoms with Gasteiger partial charge in [0.2, 0.25) is 0 Å². The number of alkyl halides is 1. The van der Waals surface area contributed by atoms with Crippen molar-refractivity contribution in [2.45, 2.75) is 412 Å². The van der Waals surface area contributed by atoms with Crippen molar-refractivity contribution in [2.24, 2.45) is 162 Å². The van der Waals surface area contributed by atoms with E-state index >= 15 is 0 Å². The largest absolute Gasteiger partial charge is 0.390 e. The van der Waals surface area contributed by atoms with E-state index in [1.54, 1.807) is 14.2 Å². The zero-order chi connectivity index (χ0) is 92.5. The van der Waals surface area contributed by atoms with Gasteiger partial charge in [-0.15, -0.1) is 10.2 Å². The van der Waals surface area contributed by atoms with Crippen molar-refractivity contribution >= 4 is 107 Å². The van der Waals surface area contributed by atoms with E-state index in [9.17, 15) is 39.6 Å². The molecule has 0 amide bonds. The Hall–Kier alpha value is -4.27. The highest BCUT2D eigenvalue weighted by Gasteiger charge is 2.69. The predicted molar refractivity (Wildman–Crippen MR) is 550 cm³/mol. The molecule has 16 saturated carbocycles. The summed E-state index contributed by atoms with van der Waals surface area (Å²) in [6.07, 6.45) is 46.4. The Labute approximate surface area is 834 Å². The highest BCUT2D eigenvalue weighted by molar-refractivity contribution is 9.09. The number of benzene rings is 3. The average molecular weight is 1980 g/mol. The van der Waals surface area contributed by atoms with E-state index < -0.39 is 22.4 Å². The number of carbonyl (C=O) groups is 4. The molecule has 3 heterocycles. The first-order chi connectivity index (χ1) is 62.3. The molecule has 0 bridgehead atoms. The van der Waals surface area contributed by atoms with Gasteiger partial charge in [-0.2, -0.15) is 15.0 Å². The fourth-order valence-corrected chi connectivity index (χ4v) is 39.0. The molecule has 32 atom stereocenters. The van der Waals surface area contributed by atoms with Gasteiger partial charge in [0.25, 0.3) is 0 Å². The van der Waals surface area contributed by atoms with E-state index in [2.05, 4.69) is 130 Å². The smallest absolute Gasteiger partial charge is 0.159 e. The third kappa shape index (κ3) is 17.7. The molecule has 16 fully saturated rings. The van der Waals surface area contributed by atoms with Crippen molar-refractivity contribution in [3.63, 3.8) is 0 Å². The molecule has 4 N–H and O–H groups in total. The lowest BCUT2D eigenvalue weighted by Gasteiger charge is -2.63. The van der Waals surface area contributed by atoms with Crippen molar-refractivity contribution < 1.29 is 39.6 Å². The molecule has 0 saturated heterocycles. The van der Waals surface area contributed by atoms with Gasteiger partial charge in [0.05, 0.1) is 48.3 Å². The molecule has 16 aliphatic carbocycles. The number of hydrogen-bond donors (Lipinski definition) is 4. The normalized spacial score (nSPS) is 43.7. The molecule has 22 rings (SSSR count). The van der Waals surface area contributed by atoms with Gasteiger partial charge in [0.15, 0.2) is 17.3 Å². The molecule has 3 aromatic carbocycles. The number of ketones is 4. The lowest BCUT2D eigenvalue weighted by atomic mass is 9.42. The van der Waals surface area contributed by atoms with Gasteiger partial charge in [-0.1, -0.05) is 164 Å². The van der Waals surface area contributed by atoms with Crippen molar-refractivity contribution in [3.05, 3.63) is 69.7 Å². The van der Waals surface area contributed by atoms with Crippen LogP contribution in [0.3, 0.4) is 0 Å². The number of rotatable bonds is 15. The van der Waals surface area contributed by atoms with Crippen LogP contribution in [-0.4, -0.2) is 116 Å². The minimum atomic E-state index is -0.487. The molecular formula is C114H173BrCl3N9O8. The van der Waals surface area contributed by atoms with Gasteiger partial charge in [0.1, 0.15) is 53.0 Å². The Morgan fingerprint density at radius 2 is 0.667 bits per heavy atom. The van der Waals surface area contributed by atoms with Crippen LogP contribution in [0, 0.1) is 162 Å². The second kappa shape index (κ2) is 39.0. The second-order valence-electron chi connectivity index (χ2n) is 49.5. The van der Waals surface area contributed by atoms with Gasteiger partial charge in [-0.05, 0) is 459 Å². The molecule has 750 valence electrons. The monoisotopic (exact) mass is 1980 g/mol. The molecule has 0 aliphatic heterocycles. The molecule has 6 aromatic rings. The maximum atomic E-state index is 13.7. The zero-order valence-corrected chi connectivity index (χ0v) is 85.2. The summed E-state index contributed by atoms with van der Waals surface area (Å²) in [4.78, 5) is 55.3. The van der Waals surface area contributed by atoms with Crippen LogP contribution in [0.4, 0.5) is 0 Å². The minimum Gasteiger partial charge on any atom is -0.390 e. The highest BCUT2D eigenvalue weighted by atomic mass is 79.9. The van der Waals surface area contributed by atoms with Crippen molar-refractivity contribution in [3.8, 4) is 0 Å². The molecule has 0 unspecified atom stereocenters. The number of Topliss-reactive ketones (excluding diaryl/α,β-unsaturated/α-hetero) is 4. The van der Waals surface area contributed by atoms with Crippen LogP contribution in [0.25, 0.3) is 33.1 Å². The van der Waals surface area contributed by atoms with E-state index in [0.717, 1.165) is 172 Å². The van der Waals surface area contributed by atoms with Gasteiger partial charge in [-0.3, -0.25) is 19.2 Å². The van der Waals surface area contributed by atoms with Crippen LogP contribution in [0.5, 0.6) is 0 Å². The van der Waals surface area contributed by atoms with Crippen LogP contribution < -0.4 is 0 Å². The second-order valence-corrected chi connectivity index (χ2v) is 51.3. The van der Waals surface area contributed by atoms with Crippen molar-refractivity contribution in [2.75, 3.05) is 5.33 Å².